The quantitative estimate of drug-likeness (QED) is 0.695. The molecule has 4 rings (SSSR count). The molecule has 1 aromatic carbocycles. The molecule has 1 aromatic heterocycles. The predicted molar refractivity (Wildman–Crippen MR) is 115 cm³/mol. The molecule has 0 unspecified atom stereocenters. The van der Waals surface area contributed by atoms with Crippen LogP contribution in [0.25, 0.3) is 0 Å². The van der Waals surface area contributed by atoms with E-state index < -0.39 is 10.0 Å². The van der Waals surface area contributed by atoms with E-state index in [1.165, 1.54) is 34.0 Å². The number of rotatable bonds is 8. The Hall–Kier alpha value is -1.74. The molecule has 0 bridgehead atoms. The highest BCUT2D eigenvalue weighted by molar-refractivity contribution is 7.89. The molecule has 156 valence electrons. The van der Waals surface area contributed by atoms with Crippen molar-refractivity contribution in [2.45, 2.75) is 43.7 Å². The van der Waals surface area contributed by atoms with Crippen LogP contribution < -0.4 is 5.32 Å². The van der Waals surface area contributed by atoms with Crippen LogP contribution in [-0.4, -0.2) is 55.8 Å². The predicted octanol–water partition coefficient (Wildman–Crippen LogP) is 2.71. The summed E-state index contributed by atoms with van der Waals surface area (Å²) < 4.78 is 28.0. The van der Waals surface area contributed by atoms with Gasteiger partial charge in [-0.2, -0.15) is 4.31 Å². The lowest BCUT2D eigenvalue weighted by Gasteiger charge is -2.28. The Balaban J connectivity index is 1.44. The van der Waals surface area contributed by atoms with Crippen LogP contribution in [0.1, 0.15) is 40.6 Å². The number of nitrogens with zero attached hydrogens (tertiary/aromatic N) is 2. The van der Waals surface area contributed by atoms with Crippen LogP contribution in [-0.2, 0) is 23.0 Å². The molecule has 1 fully saturated rings. The van der Waals surface area contributed by atoms with Gasteiger partial charge in [-0.25, -0.2) is 8.42 Å². The lowest BCUT2D eigenvalue weighted by Crippen LogP contribution is -2.38. The average molecular weight is 434 g/mol. The number of fused-ring (bicyclic) bond motifs is 1. The van der Waals surface area contributed by atoms with Crippen LogP contribution in [0.5, 0.6) is 0 Å². The summed E-state index contributed by atoms with van der Waals surface area (Å²) in [5, 5.41) is 4.59. The number of amides is 1. The summed E-state index contributed by atoms with van der Waals surface area (Å²) in [5.41, 5.74) is 2.22. The minimum absolute atomic E-state index is 0.119. The number of sulfonamides is 1. The van der Waals surface area contributed by atoms with Gasteiger partial charge in [0.25, 0.3) is 5.91 Å². The SMILES string of the molecule is CCN(CCNC(=O)c1sccc1S(=O)(=O)N1CCc2ccccc2C1)C1CC1. The number of carbonyl (C=O) groups is 1. The lowest BCUT2D eigenvalue weighted by molar-refractivity contribution is 0.0949. The van der Waals surface area contributed by atoms with Crippen molar-refractivity contribution in [3.05, 3.63) is 51.7 Å². The zero-order chi connectivity index (χ0) is 20.4. The fourth-order valence-corrected chi connectivity index (χ4v) is 6.65. The normalized spacial score (nSPS) is 17.3. The topological polar surface area (TPSA) is 69.7 Å². The first-order valence-corrected chi connectivity index (χ1v) is 12.5. The molecular formula is C21H27N3O3S2. The summed E-state index contributed by atoms with van der Waals surface area (Å²) in [4.78, 5) is 15.5. The molecule has 0 saturated heterocycles. The summed E-state index contributed by atoms with van der Waals surface area (Å²) >= 11 is 1.19. The zero-order valence-electron chi connectivity index (χ0n) is 16.6. The van der Waals surface area contributed by atoms with Crippen molar-refractivity contribution in [1.29, 1.82) is 0 Å². The summed E-state index contributed by atoms with van der Waals surface area (Å²) in [7, 11) is -3.71. The Bertz CT molecular complexity index is 983. The second-order valence-corrected chi connectivity index (χ2v) is 10.4. The molecular weight excluding hydrogens is 406 g/mol. The van der Waals surface area contributed by atoms with E-state index in [2.05, 4.69) is 17.1 Å². The Kier molecular flexibility index (Phi) is 6.06. The minimum Gasteiger partial charge on any atom is -0.350 e. The average Bonchev–Trinajstić information content (AvgIpc) is 3.44. The van der Waals surface area contributed by atoms with Crippen molar-refractivity contribution in [2.24, 2.45) is 0 Å². The Morgan fingerprint density at radius 3 is 2.72 bits per heavy atom. The third-order valence-electron chi connectivity index (χ3n) is 5.70. The minimum atomic E-state index is -3.71. The second kappa shape index (κ2) is 8.55. The number of hydrogen-bond acceptors (Lipinski definition) is 5. The van der Waals surface area contributed by atoms with Crippen LogP contribution >= 0.6 is 11.3 Å². The number of likely N-dealkylation sites (N-methyl/N-ethyl adjacent to an activating group) is 1. The summed E-state index contributed by atoms with van der Waals surface area (Å²) in [6, 6.07) is 10.1. The number of benzene rings is 1. The highest BCUT2D eigenvalue weighted by Gasteiger charge is 2.32. The molecule has 1 amide bonds. The Labute approximate surface area is 176 Å². The van der Waals surface area contributed by atoms with E-state index in [9.17, 15) is 13.2 Å². The van der Waals surface area contributed by atoms with Gasteiger partial charge in [0.15, 0.2) is 0 Å². The fraction of sp³-hybridized carbons (Fsp3) is 0.476. The molecule has 0 radical (unpaired) electrons. The molecule has 1 N–H and O–H groups in total. The van der Waals surface area contributed by atoms with Crippen LogP contribution in [0.2, 0.25) is 0 Å². The largest absolute Gasteiger partial charge is 0.350 e. The van der Waals surface area contributed by atoms with Gasteiger partial charge in [0.1, 0.15) is 9.77 Å². The van der Waals surface area contributed by atoms with Crippen molar-refractivity contribution in [2.75, 3.05) is 26.2 Å². The monoisotopic (exact) mass is 433 g/mol. The molecule has 8 heteroatoms. The lowest BCUT2D eigenvalue weighted by atomic mass is 10.0. The molecule has 1 aliphatic heterocycles. The van der Waals surface area contributed by atoms with Gasteiger partial charge in [0.2, 0.25) is 10.0 Å². The molecule has 29 heavy (non-hydrogen) atoms. The zero-order valence-corrected chi connectivity index (χ0v) is 18.3. The van der Waals surface area contributed by atoms with E-state index in [1.807, 2.05) is 24.3 Å². The van der Waals surface area contributed by atoms with Gasteiger partial charge in [-0.1, -0.05) is 31.2 Å². The smallest absolute Gasteiger partial charge is 0.262 e. The Morgan fingerprint density at radius 2 is 2.00 bits per heavy atom. The van der Waals surface area contributed by atoms with Gasteiger partial charge in [0, 0.05) is 32.2 Å². The molecule has 0 atom stereocenters. The summed E-state index contributed by atoms with van der Waals surface area (Å²) in [6.45, 7) is 5.20. The first kappa shape index (κ1) is 20.5. The molecule has 2 aliphatic rings. The first-order chi connectivity index (χ1) is 14.0. The summed E-state index contributed by atoms with van der Waals surface area (Å²) in [5.74, 6) is -0.303. The van der Waals surface area contributed by atoms with E-state index in [0.29, 0.717) is 32.1 Å². The molecule has 2 aromatic rings. The van der Waals surface area contributed by atoms with Gasteiger partial charge >= 0.3 is 0 Å². The van der Waals surface area contributed by atoms with Crippen LogP contribution in [0.3, 0.4) is 0 Å². The maximum atomic E-state index is 13.3. The third-order valence-corrected chi connectivity index (χ3v) is 8.63. The van der Waals surface area contributed by atoms with Gasteiger partial charge in [-0.05, 0) is 48.4 Å². The van der Waals surface area contributed by atoms with Crippen molar-refractivity contribution in [3.63, 3.8) is 0 Å². The van der Waals surface area contributed by atoms with E-state index in [0.717, 1.165) is 18.7 Å². The third kappa shape index (κ3) is 4.40. The summed E-state index contributed by atoms with van der Waals surface area (Å²) in [6.07, 6.45) is 3.15. The molecule has 0 spiro atoms. The van der Waals surface area contributed by atoms with E-state index in [-0.39, 0.29) is 15.7 Å². The van der Waals surface area contributed by atoms with Crippen LogP contribution in [0.4, 0.5) is 0 Å². The number of hydrogen-bond donors (Lipinski definition) is 1. The fourth-order valence-electron chi connectivity index (χ4n) is 3.91. The highest BCUT2D eigenvalue weighted by atomic mass is 32.2. The van der Waals surface area contributed by atoms with Crippen molar-refractivity contribution in [1.82, 2.24) is 14.5 Å². The van der Waals surface area contributed by atoms with Crippen molar-refractivity contribution < 1.29 is 13.2 Å². The maximum Gasteiger partial charge on any atom is 0.262 e. The Morgan fingerprint density at radius 1 is 1.24 bits per heavy atom. The molecule has 6 nitrogen and oxygen atoms in total. The number of thiophene rings is 1. The second-order valence-electron chi connectivity index (χ2n) is 7.59. The van der Waals surface area contributed by atoms with Crippen LogP contribution in [0, 0.1) is 0 Å². The van der Waals surface area contributed by atoms with Crippen molar-refractivity contribution >= 4 is 27.3 Å². The highest BCUT2D eigenvalue weighted by Crippen LogP contribution is 2.29. The molecule has 1 aliphatic carbocycles. The van der Waals surface area contributed by atoms with Gasteiger partial charge < -0.3 is 5.32 Å². The van der Waals surface area contributed by atoms with E-state index in [4.69, 9.17) is 0 Å². The standard InChI is InChI=1S/C21H27N3O3S2/c1-2-23(18-7-8-18)13-11-22-21(25)20-19(10-14-28-20)29(26,27)24-12-9-16-5-3-4-6-17(16)15-24/h3-6,10,14,18H,2,7-9,11-13,15H2,1H3,(H,22,25). The number of carbonyl (C=O) groups excluding carboxylic acids is 1. The van der Waals surface area contributed by atoms with E-state index >= 15 is 0 Å². The van der Waals surface area contributed by atoms with Gasteiger partial charge in [0.05, 0.1) is 0 Å². The van der Waals surface area contributed by atoms with Gasteiger partial charge in [-0.3, -0.25) is 9.69 Å². The first-order valence-electron chi connectivity index (χ1n) is 10.2. The number of nitrogens with one attached hydrogen (secondary N) is 1. The van der Waals surface area contributed by atoms with Crippen molar-refractivity contribution in [3.8, 4) is 0 Å². The van der Waals surface area contributed by atoms with Gasteiger partial charge in [-0.15, -0.1) is 11.3 Å². The maximum absolute atomic E-state index is 13.3. The molecule has 1 saturated carbocycles. The van der Waals surface area contributed by atoms with E-state index in [1.54, 1.807) is 11.4 Å². The molecule has 2 heterocycles. The van der Waals surface area contributed by atoms with Crippen LogP contribution in [0.15, 0.2) is 40.6 Å².